The Morgan fingerprint density at radius 2 is 2.24 bits per heavy atom. The SMILES string of the molecule is CC(NOCC(N)=O)c1ccccc1[N+](=O)[O-]. The summed E-state index contributed by atoms with van der Waals surface area (Å²) >= 11 is 0. The van der Waals surface area contributed by atoms with E-state index in [0.29, 0.717) is 5.56 Å². The number of nitro benzene ring substituents is 1. The number of nitrogens with one attached hydrogen (secondary N) is 1. The summed E-state index contributed by atoms with van der Waals surface area (Å²) < 4.78 is 0. The summed E-state index contributed by atoms with van der Waals surface area (Å²) in [4.78, 5) is 25.5. The highest BCUT2D eigenvalue weighted by Gasteiger charge is 2.17. The number of nitro groups is 1. The van der Waals surface area contributed by atoms with Gasteiger partial charge in [0.05, 0.1) is 11.0 Å². The van der Waals surface area contributed by atoms with E-state index in [4.69, 9.17) is 10.6 Å². The van der Waals surface area contributed by atoms with Crippen LogP contribution in [0.2, 0.25) is 0 Å². The maximum atomic E-state index is 10.8. The molecule has 3 N–H and O–H groups in total. The topological polar surface area (TPSA) is 107 Å². The van der Waals surface area contributed by atoms with Crippen LogP contribution in [0.25, 0.3) is 0 Å². The van der Waals surface area contributed by atoms with Crippen LogP contribution in [0, 0.1) is 10.1 Å². The van der Waals surface area contributed by atoms with Crippen molar-refractivity contribution in [3.63, 3.8) is 0 Å². The molecular weight excluding hydrogens is 226 g/mol. The van der Waals surface area contributed by atoms with E-state index in [9.17, 15) is 14.9 Å². The molecule has 92 valence electrons. The molecule has 0 bridgehead atoms. The number of nitrogens with zero attached hydrogens (tertiary/aromatic N) is 1. The third kappa shape index (κ3) is 3.82. The zero-order valence-corrected chi connectivity index (χ0v) is 9.25. The van der Waals surface area contributed by atoms with Crippen LogP contribution in [-0.4, -0.2) is 17.4 Å². The van der Waals surface area contributed by atoms with E-state index < -0.39 is 16.9 Å². The molecule has 7 heteroatoms. The molecule has 0 saturated carbocycles. The highest BCUT2D eigenvalue weighted by molar-refractivity contribution is 5.74. The van der Waals surface area contributed by atoms with Crippen LogP contribution in [0.4, 0.5) is 5.69 Å². The van der Waals surface area contributed by atoms with Crippen LogP contribution in [-0.2, 0) is 9.63 Å². The summed E-state index contributed by atoms with van der Waals surface area (Å²) in [6.07, 6.45) is 0. The molecule has 0 saturated heterocycles. The van der Waals surface area contributed by atoms with Crippen LogP contribution in [0.15, 0.2) is 24.3 Å². The van der Waals surface area contributed by atoms with Crippen molar-refractivity contribution in [1.82, 2.24) is 5.48 Å². The number of hydroxylamine groups is 1. The van der Waals surface area contributed by atoms with Crippen molar-refractivity contribution in [3.05, 3.63) is 39.9 Å². The molecule has 0 fully saturated rings. The summed E-state index contributed by atoms with van der Waals surface area (Å²) in [5.41, 5.74) is 7.87. The van der Waals surface area contributed by atoms with Gasteiger partial charge < -0.3 is 5.73 Å². The molecule has 0 aliphatic carbocycles. The Morgan fingerprint density at radius 3 is 2.82 bits per heavy atom. The van der Waals surface area contributed by atoms with E-state index >= 15 is 0 Å². The van der Waals surface area contributed by atoms with Gasteiger partial charge in [-0.15, -0.1) is 0 Å². The second-order valence-corrected chi connectivity index (χ2v) is 3.41. The molecule has 0 spiro atoms. The van der Waals surface area contributed by atoms with Crippen LogP contribution in [0.3, 0.4) is 0 Å². The third-order valence-corrected chi connectivity index (χ3v) is 2.07. The minimum Gasteiger partial charge on any atom is -0.368 e. The fraction of sp³-hybridized carbons (Fsp3) is 0.300. The van der Waals surface area contributed by atoms with Gasteiger partial charge in [-0.2, -0.15) is 5.48 Å². The second-order valence-electron chi connectivity index (χ2n) is 3.41. The molecule has 1 unspecified atom stereocenters. The summed E-state index contributed by atoms with van der Waals surface area (Å²) in [6.45, 7) is 1.40. The predicted molar refractivity (Wildman–Crippen MR) is 59.8 cm³/mol. The summed E-state index contributed by atoms with van der Waals surface area (Å²) in [5.74, 6) is -0.618. The van der Waals surface area contributed by atoms with Crippen molar-refractivity contribution in [2.45, 2.75) is 13.0 Å². The van der Waals surface area contributed by atoms with Crippen LogP contribution in [0.1, 0.15) is 18.5 Å². The molecule has 0 aliphatic heterocycles. The Labute approximate surface area is 97.7 Å². The number of hydrogen-bond donors (Lipinski definition) is 2. The first-order valence-corrected chi connectivity index (χ1v) is 4.91. The number of primary amides is 1. The Bertz CT molecular complexity index is 422. The predicted octanol–water partition coefficient (Wildman–Crippen LogP) is 0.662. The molecule has 7 nitrogen and oxygen atoms in total. The average molecular weight is 239 g/mol. The first kappa shape index (κ1) is 13.1. The molecule has 0 aliphatic rings. The quantitative estimate of drug-likeness (QED) is 0.560. The monoisotopic (exact) mass is 239 g/mol. The van der Waals surface area contributed by atoms with E-state index in [0.717, 1.165) is 0 Å². The van der Waals surface area contributed by atoms with Crippen molar-refractivity contribution in [3.8, 4) is 0 Å². The van der Waals surface area contributed by atoms with Gasteiger partial charge in [-0.25, -0.2) is 0 Å². The molecule has 0 heterocycles. The fourth-order valence-corrected chi connectivity index (χ4v) is 1.32. The lowest BCUT2D eigenvalue weighted by Gasteiger charge is -2.13. The zero-order valence-electron chi connectivity index (χ0n) is 9.25. The standard InChI is InChI=1S/C10H13N3O4/c1-7(12-17-6-10(11)14)8-4-2-3-5-9(8)13(15)16/h2-5,7,12H,6H2,1H3,(H2,11,14). The maximum Gasteiger partial charge on any atom is 0.274 e. The first-order valence-electron chi connectivity index (χ1n) is 4.91. The van der Waals surface area contributed by atoms with E-state index in [1.165, 1.54) is 6.07 Å². The van der Waals surface area contributed by atoms with Gasteiger partial charge >= 0.3 is 0 Å². The second kappa shape index (κ2) is 5.92. The Balaban J connectivity index is 2.71. The molecule has 17 heavy (non-hydrogen) atoms. The number of para-hydroxylation sites is 1. The summed E-state index contributed by atoms with van der Waals surface area (Å²) in [7, 11) is 0. The van der Waals surface area contributed by atoms with Gasteiger partial charge in [0.25, 0.3) is 5.69 Å². The highest BCUT2D eigenvalue weighted by Crippen LogP contribution is 2.24. The van der Waals surface area contributed by atoms with Gasteiger partial charge in [-0.1, -0.05) is 18.2 Å². The number of amides is 1. The van der Waals surface area contributed by atoms with Crippen molar-refractivity contribution >= 4 is 11.6 Å². The Hall–Kier alpha value is -1.99. The molecule has 0 aromatic heterocycles. The van der Waals surface area contributed by atoms with Gasteiger partial charge in [0, 0.05) is 11.6 Å². The van der Waals surface area contributed by atoms with Gasteiger partial charge in [0.1, 0.15) is 6.61 Å². The van der Waals surface area contributed by atoms with Gasteiger partial charge in [0.15, 0.2) is 0 Å². The lowest BCUT2D eigenvalue weighted by atomic mass is 10.1. The molecular formula is C10H13N3O4. The van der Waals surface area contributed by atoms with Gasteiger partial charge in [0.2, 0.25) is 5.91 Å². The Morgan fingerprint density at radius 1 is 1.59 bits per heavy atom. The minimum atomic E-state index is -0.618. The van der Waals surface area contributed by atoms with E-state index in [1.807, 2.05) is 0 Å². The molecule has 0 radical (unpaired) electrons. The average Bonchev–Trinajstić information content (AvgIpc) is 2.28. The lowest BCUT2D eigenvalue weighted by molar-refractivity contribution is -0.385. The van der Waals surface area contributed by atoms with Crippen molar-refractivity contribution in [1.29, 1.82) is 0 Å². The molecule has 1 rings (SSSR count). The van der Waals surface area contributed by atoms with Crippen molar-refractivity contribution < 1.29 is 14.6 Å². The maximum absolute atomic E-state index is 10.8. The number of hydrogen-bond acceptors (Lipinski definition) is 5. The van der Waals surface area contributed by atoms with Crippen LogP contribution >= 0.6 is 0 Å². The lowest BCUT2D eigenvalue weighted by Crippen LogP contribution is -2.27. The third-order valence-electron chi connectivity index (χ3n) is 2.07. The normalized spacial score (nSPS) is 12.1. The zero-order chi connectivity index (χ0) is 12.8. The molecule has 1 aromatic rings. The van der Waals surface area contributed by atoms with Crippen LogP contribution in [0.5, 0.6) is 0 Å². The van der Waals surface area contributed by atoms with Gasteiger partial charge in [-0.05, 0) is 6.92 Å². The molecule has 1 atom stereocenters. The fourth-order valence-electron chi connectivity index (χ4n) is 1.32. The van der Waals surface area contributed by atoms with Crippen molar-refractivity contribution in [2.75, 3.05) is 6.61 Å². The summed E-state index contributed by atoms with van der Waals surface area (Å²) in [5, 5.41) is 10.8. The van der Waals surface area contributed by atoms with Crippen molar-refractivity contribution in [2.24, 2.45) is 5.73 Å². The van der Waals surface area contributed by atoms with Gasteiger partial charge in [-0.3, -0.25) is 19.7 Å². The highest BCUT2D eigenvalue weighted by atomic mass is 16.6. The summed E-state index contributed by atoms with van der Waals surface area (Å²) in [6, 6.07) is 5.87. The number of carbonyl (C=O) groups excluding carboxylic acids is 1. The molecule has 1 aromatic carbocycles. The Kier molecular flexibility index (Phi) is 4.56. The number of nitrogens with two attached hydrogens (primary N) is 1. The number of carbonyl (C=O) groups is 1. The smallest absolute Gasteiger partial charge is 0.274 e. The van der Waals surface area contributed by atoms with Crippen LogP contribution < -0.4 is 11.2 Å². The van der Waals surface area contributed by atoms with E-state index in [2.05, 4.69) is 5.48 Å². The molecule has 1 amide bonds. The van der Waals surface area contributed by atoms with E-state index in [-0.39, 0.29) is 12.3 Å². The van der Waals surface area contributed by atoms with E-state index in [1.54, 1.807) is 25.1 Å². The first-order chi connectivity index (χ1) is 8.02. The number of rotatable bonds is 6. The largest absolute Gasteiger partial charge is 0.368 e. The minimum absolute atomic E-state index is 0.00447. The number of benzene rings is 1.